The van der Waals surface area contributed by atoms with Gasteiger partial charge in [-0.2, -0.15) is 0 Å². The summed E-state index contributed by atoms with van der Waals surface area (Å²) in [7, 11) is -0.686. The number of halogens is 1. The summed E-state index contributed by atoms with van der Waals surface area (Å²) in [6.07, 6.45) is 1.79. The van der Waals surface area contributed by atoms with Crippen molar-refractivity contribution in [2.24, 2.45) is 0 Å². The van der Waals surface area contributed by atoms with Gasteiger partial charge in [-0.3, -0.25) is 9.62 Å². The number of methoxy groups -OCH3 is 2. The lowest BCUT2D eigenvalue weighted by atomic mass is 9.98. The summed E-state index contributed by atoms with van der Waals surface area (Å²) in [5, 5.41) is 0. The molecule has 0 atom stereocenters. The minimum absolute atomic E-state index is 0.367. The molecule has 33 heavy (non-hydrogen) atoms. The lowest BCUT2D eigenvalue weighted by molar-refractivity contribution is 0.255. The van der Waals surface area contributed by atoms with Crippen molar-refractivity contribution in [3.05, 3.63) is 83.2 Å². The highest BCUT2D eigenvalue weighted by atomic mass is 32.2. The van der Waals surface area contributed by atoms with Crippen molar-refractivity contribution in [2.75, 3.05) is 32.0 Å². The second-order valence-electron chi connectivity index (χ2n) is 7.98. The van der Waals surface area contributed by atoms with Crippen LogP contribution in [0.2, 0.25) is 0 Å². The van der Waals surface area contributed by atoms with Crippen molar-refractivity contribution >= 4 is 15.7 Å². The van der Waals surface area contributed by atoms with Gasteiger partial charge in [0.05, 0.1) is 14.2 Å². The average Bonchev–Trinajstić information content (AvgIpc) is 2.82. The molecule has 0 bridgehead atoms. The van der Waals surface area contributed by atoms with Crippen molar-refractivity contribution in [2.45, 2.75) is 24.3 Å². The predicted octanol–water partition coefficient (Wildman–Crippen LogP) is 4.24. The molecule has 0 fully saturated rings. The summed E-state index contributed by atoms with van der Waals surface area (Å²) in [6, 6.07) is 16.6. The summed E-state index contributed by atoms with van der Waals surface area (Å²) < 4.78 is 52.0. The Kier molecular flexibility index (Phi) is 6.85. The van der Waals surface area contributed by atoms with E-state index in [2.05, 4.69) is 21.8 Å². The Hall–Kier alpha value is -3.10. The van der Waals surface area contributed by atoms with Gasteiger partial charge in [-0.05, 0) is 65.9 Å². The average molecular weight is 471 g/mol. The van der Waals surface area contributed by atoms with Gasteiger partial charge in [0.15, 0.2) is 11.5 Å². The Morgan fingerprint density at radius 2 is 1.64 bits per heavy atom. The molecule has 0 aromatic heterocycles. The van der Waals surface area contributed by atoms with Gasteiger partial charge in [0.2, 0.25) is 0 Å². The minimum Gasteiger partial charge on any atom is -0.493 e. The fourth-order valence-corrected chi connectivity index (χ4v) is 5.17. The highest BCUT2D eigenvalue weighted by molar-refractivity contribution is 7.92. The van der Waals surface area contributed by atoms with Crippen LogP contribution in [-0.2, 0) is 29.4 Å². The summed E-state index contributed by atoms with van der Waals surface area (Å²) in [5.74, 6) is 0.725. The largest absolute Gasteiger partial charge is 0.493 e. The number of sulfonamides is 1. The molecule has 1 N–H and O–H groups in total. The van der Waals surface area contributed by atoms with E-state index in [1.807, 2.05) is 12.1 Å². The molecule has 174 valence electrons. The third-order valence-corrected chi connectivity index (χ3v) is 7.26. The van der Waals surface area contributed by atoms with Crippen LogP contribution in [0.3, 0.4) is 0 Å². The van der Waals surface area contributed by atoms with Crippen molar-refractivity contribution in [1.29, 1.82) is 0 Å². The number of benzene rings is 3. The van der Waals surface area contributed by atoms with Crippen molar-refractivity contribution in [1.82, 2.24) is 4.90 Å². The maximum atomic E-state index is 13.9. The molecule has 1 heterocycles. The van der Waals surface area contributed by atoms with Gasteiger partial charge in [0.1, 0.15) is 10.7 Å². The van der Waals surface area contributed by atoms with E-state index in [4.69, 9.17) is 9.47 Å². The van der Waals surface area contributed by atoms with Gasteiger partial charge in [-0.25, -0.2) is 12.8 Å². The Morgan fingerprint density at radius 3 is 2.30 bits per heavy atom. The zero-order valence-corrected chi connectivity index (χ0v) is 19.5. The monoisotopic (exact) mass is 470 g/mol. The van der Waals surface area contributed by atoms with Crippen LogP contribution in [0.25, 0.3) is 0 Å². The molecule has 6 nitrogen and oxygen atoms in total. The second kappa shape index (κ2) is 9.80. The van der Waals surface area contributed by atoms with Crippen LogP contribution in [0.15, 0.2) is 65.6 Å². The molecule has 4 rings (SSSR count). The standard InChI is InChI=1S/C25H27FN2O4S/c1-31-23-15-19-12-14-28(17-20(19)16-24(23)32-2)13-11-18-7-9-21(10-8-18)27-33(29,30)25-6-4-3-5-22(25)26/h3-10,15-16,27H,11-14,17H2,1-2H3. The molecule has 0 amide bonds. The van der Waals surface area contributed by atoms with Crippen LogP contribution in [-0.4, -0.2) is 40.6 Å². The molecular weight excluding hydrogens is 443 g/mol. The smallest absolute Gasteiger partial charge is 0.264 e. The lowest BCUT2D eigenvalue weighted by Crippen LogP contribution is -2.32. The van der Waals surface area contributed by atoms with Gasteiger partial charge < -0.3 is 9.47 Å². The molecule has 0 aliphatic carbocycles. The van der Waals surface area contributed by atoms with Crippen LogP contribution >= 0.6 is 0 Å². The maximum absolute atomic E-state index is 13.9. The number of fused-ring (bicyclic) bond motifs is 1. The third-order valence-electron chi connectivity index (χ3n) is 5.85. The van der Waals surface area contributed by atoms with Crippen LogP contribution in [0.4, 0.5) is 10.1 Å². The first kappa shape index (κ1) is 23.1. The van der Waals surface area contributed by atoms with Crippen LogP contribution < -0.4 is 14.2 Å². The van der Waals surface area contributed by atoms with E-state index in [-0.39, 0.29) is 4.90 Å². The van der Waals surface area contributed by atoms with Crippen LogP contribution in [0.1, 0.15) is 16.7 Å². The quantitative estimate of drug-likeness (QED) is 0.533. The number of hydrogen-bond donors (Lipinski definition) is 1. The van der Waals surface area contributed by atoms with Crippen LogP contribution in [0, 0.1) is 5.82 Å². The number of rotatable bonds is 8. The molecule has 0 radical (unpaired) electrons. The van der Waals surface area contributed by atoms with E-state index in [1.54, 1.807) is 26.4 Å². The van der Waals surface area contributed by atoms with Gasteiger partial charge in [-0.15, -0.1) is 0 Å². The topological polar surface area (TPSA) is 67.9 Å². The SMILES string of the molecule is COc1cc2c(cc1OC)CN(CCc1ccc(NS(=O)(=O)c3ccccc3F)cc1)CC2. The molecule has 1 aliphatic rings. The van der Waals surface area contributed by atoms with E-state index in [0.717, 1.165) is 55.6 Å². The van der Waals surface area contributed by atoms with Gasteiger partial charge >= 0.3 is 0 Å². The number of nitrogens with zero attached hydrogens (tertiary/aromatic N) is 1. The first-order chi connectivity index (χ1) is 15.9. The lowest BCUT2D eigenvalue weighted by Gasteiger charge is -2.29. The molecule has 3 aromatic rings. The minimum atomic E-state index is -3.98. The van der Waals surface area contributed by atoms with E-state index in [9.17, 15) is 12.8 Å². The Bertz CT molecular complexity index is 1230. The summed E-state index contributed by atoms with van der Waals surface area (Å²) >= 11 is 0. The molecule has 0 saturated carbocycles. The fraction of sp³-hybridized carbons (Fsp3) is 0.280. The highest BCUT2D eigenvalue weighted by Crippen LogP contribution is 2.33. The van der Waals surface area contributed by atoms with E-state index in [0.29, 0.717) is 5.69 Å². The zero-order chi connectivity index (χ0) is 23.4. The van der Waals surface area contributed by atoms with E-state index >= 15 is 0 Å². The van der Waals surface area contributed by atoms with E-state index < -0.39 is 15.8 Å². The fourth-order valence-electron chi connectivity index (χ4n) is 4.03. The molecule has 0 spiro atoms. The third kappa shape index (κ3) is 5.29. The summed E-state index contributed by atoms with van der Waals surface area (Å²) in [5.41, 5.74) is 4.03. The number of ether oxygens (including phenoxy) is 2. The van der Waals surface area contributed by atoms with Gasteiger partial charge in [-0.1, -0.05) is 24.3 Å². The van der Waals surface area contributed by atoms with Crippen LogP contribution in [0.5, 0.6) is 11.5 Å². The molecule has 0 unspecified atom stereocenters. The zero-order valence-electron chi connectivity index (χ0n) is 18.7. The Balaban J connectivity index is 1.36. The molecule has 0 saturated heterocycles. The molecule has 1 aliphatic heterocycles. The number of hydrogen-bond acceptors (Lipinski definition) is 5. The van der Waals surface area contributed by atoms with Crippen molar-refractivity contribution in [3.63, 3.8) is 0 Å². The van der Waals surface area contributed by atoms with Gasteiger partial charge in [0.25, 0.3) is 10.0 Å². The Morgan fingerprint density at radius 1 is 0.970 bits per heavy atom. The molecule has 8 heteroatoms. The Labute approximate surface area is 194 Å². The molecular formula is C25H27FN2O4S. The van der Waals surface area contributed by atoms with E-state index in [1.165, 1.54) is 29.3 Å². The normalized spacial score (nSPS) is 13.9. The predicted molar refractivity (Wildman–Crippen MR) is 126 cm³/mol. The highest BCUT2D eigenvalue weighted by Gasteiger charge is 2.20. The first-order valence-electron chi connectivity index (χ1n) is 10.7. The summed E-state index contributed by atoms with van der Waals surface area (Å²) in [4.78, 5) is 2.02. The van der Waals surface area contributed by atoms with Crippen molar-refractivity contribution < 1.29 is 22.3 Å². The summed E-state index contributed by atoms with van der Waals surface area (Å²) in [6.45, 7) is 2.69. The number of nitrogens with one attached hydrogen (secondary N) is 1. The molecule has 3 aromatic carbocycles. The maximum Gasteiger partial charge on any atom is 0.264 e. The second-order valence-corrected chi connectivity index (χ2v) is 9.64. The van der Waals surface area contributed by atoms with Gasteiger partial charge in [0, 0.05) is 25.3 Å². The van der Waals surface area contributed by atoms with Crippen molar-refractivity contribution in [3.8, 4) is 11.5 Å². The first-order valence-corrected chi connectivity index (χ1v) is 12.2. The number of anilines is 1.